The van der Waals surface area contributed by atoms with Crippen LogP contribution in [0.4, 0.5) is 17.2 Å². The average Bonchev–Trinajstić information content (AvgIpc) is 3.26. The molecular weight excluding hydrogens is 471 g/mol. The zero-order valence-electron chi connectivity index (χ0n) is 24.0. The van der Waals surface area contributed by atoms with Crippen LogP contribution in [0.1, 0.15) is 54.4 Å². The third-order valence-corrected chi connectivity index (χ3v) is 9.51. The summed E-state index contributed by atoms with van der Waals surface area (Å²) in [6, 6.07) is 15.4. The van der Waals surface area contributed by atoms with Gasteiger partial charge in [0.15, 0.2) is 5.82 Å². The van der Waals surface area contributed by atoms with Gasteiger partial charge in [-0.05, 0) is 75.1 Å². The van der Waals surface area contributed by atoms with Crippen molar-refractivity contribution in [2.75, 3.05) is 34.6 Å². The van der Waals surface area contributed by atoms with Crippen molar-refractivity contribution in [2.24, 2.45) is 0 Å². The Labute approximate surface area is 226 Å². The number of anilines is 3. The Morgan fingerprint density at radius 1 is 1.08 bits per heavy atom. The third-order valence-electron chi connectivity index (χ3n) is 7.12. The van der Waals surface area contributed by atoms with Crippen LogP contribution in [-0.4, -0.2) is 36.8 Å². The molecule has 0 saturated carbocycles. The monoisotopic (exact) mass is 516 g/mol. The molecule has 1 aliphatic carbocycles. The summed E-state index contributed by atoms with van der Waals surface area (Å²) in [4.78, 5) is 12.3. The van der Waals surface area contributed by atoms with E-state index >= 15 is 0 Å². The van der Waals surface area contributed by atoms with Crippen molar-refractivity contribution in [1.82, 2.24) is 4.98 Å². The molecule has 1 aromatic carbocycles. The van der Waals surface area contributed by atoms with Gasteiger partial charge in [0.25, 0.3) is 0 Å². The second kappa shape index (κ2) is 13.6. The van der Waals surface area contributed by atoms with E-state index < -0.39 is 0 Å². The molecule has 0 fully saturated rings. The second-order valence-electron chi connectivity index (χ2n) is 9.14. The summed E-state index contributed by atoms with van der Waals surface area (Å²) >= 11 is 0. The molecule has 5 heteroatoms. The van der Waals surface area contributed by atoms with Crippen LogP contribution in [-0.2, 0) is 0 Å². The van der Waals surface area contributed by atoms with Gasteiger partial charge in [-0.3, -0.25) is 0 Å². The van der Waals surface area contributed by atoms with Crippen LogP contribution in [0.15, 0.2) is 96.0 Å². The number of aromatic nitrogens is 1. The summed E-state index contributed by atoms with van der Waals surface area (Å²) in [5.41, 5.74) is 6.46. The van der Waals surface area contributed by atoms with Crippen LogP contribution in [0, 0.1) is 0 Å². The molecule has 1 aliphatic heterocycles. The first-order valence-corrected chi connectivity index (χ1v) is 15.8. The highest BCUT2D eigenvalue weighted by Gasteiger charge is 2.42. The van der Waals surface area contributed by atoms with Crippen molar-refractivity contribution in [1.29, 1.82) is 0 Å². The van der Waals surface area contributed by atoms with Gasteiger partial charge in [0.1, 0.15) is 5.91 Å². The summed E-state index contributed by atoms with van der Waals surface area (Å²) < 4.78 is 0. The van der Waals surface area contributed by atoms with Gasteiger partial charge in [0.2, 0.25) is 0 Å². The lowest BCUT2D eigenvalue weighted by molar-refractivity contribution is 0.611. The molecule has 0 radical (unpaired) electrons. The number of para-hydroxylation sites is 1. The maximum atomic E-state index is 4.80. The number of benzene rings is 1. The van der Waals surface area contributed by atoms with Crippen molar-refractivity contribution < 1.29 is 0 Å². The molecule has 37 heavy (non-hydrogen) atoms. The molecule has 0 saturated heterocycles. The molecule has 0 amide bonds. The first-order chi connectivity index (χ1) is 18.0. The Kier molecular flexibility index (Phi) is 10.6. The Balaban J connectivity index is 0.00000186. The highest BCUT2D eigenvalue weighted by Crippen LogP contribution is 2.52. The molecule has 4 rings (SSSR count). The molecule has 2 heterocycles. The van der Waals surface area contributed by atoms with Gasteiger partial charge >= 0.3 is 0 Å². The van der Waals surface area contributed by atoms with Crippen molar-refractivity contribution in [3.63, 3.8) is 0 Å². The quantitative estimate of drug-likeness (QED) is 0.258. The Morgan fingerprint density at radius 3 is 2.43 bits per heavy atom. The van der Waals surface area contributed by atoms with Gasteiger partial charge < -0.3 is 14.7 Å². The normalized spacial score (nSPS) is 20.2. The van der Waals surface area contributed by atoms with E-state index in [4.69, 9.17) is 4.98 Å². The maximum absolute atomic E-state index is 4.80. The first kappa shape index (κ1) is 28.7. The molecule has 4 nitrogen and oxygen atoms in total. The van der Waals surface area contributed by atoms with E-state index in [1.807, 2.05) is 20.0 Å². The fraction of sp³-hybridized carbons (Fsp3) is 0.406. The number of allylic oxidation sites excluding steroid dienone is 5. The van der Waals surface area contributed by atoms with Gasteiger partial charge in [-0.2, -0.15) is 0 Å². The highest BCUT2D eigenvalue weighted by atomic mass is 31.1. The van der Waals surface area contributed by atoms with Gasteiger partial charge in [0.05, 0.1) is 11.7 Å². The number of hydrogen-bond donors (Lipinski definition) is 0. The molecule has 1 aromatic heterocycles. The minimum atomic E-state index is -0.219. The third kappa shape index (κ3) is 5.85. The largest absolute Gasteiger partial charge is 0.337 e. The predicted molar refractivity (Wildman–Crippen MR) is 166 cm³/mol. The fourth-order valence-electron chi connectivity index (χ4n) is 5.32. The lowest BCUT2D eigenvalue weighted by Crippen LogP contribution is -2.48. The second-order valence-corrected chi connectivity index (χ2v) is 11.7. The topological polar surface area (TPSA) is 22.6 Å². The van der Waals surface area contributed by atoms with E-state index in [-0.39, 0.29) is 7.92 Å². The van der Waals surface area contributed by atoms with Crippen LogP contribution >= 0.6 is 7.92 Å². The van der Waals surface area contributed by atoms with Gasteiger partial charge in [-0.1, -0.05) is 72.0 Å². The number of hydrogen-bond acceptors (Lipinski definition) is 4. The number of fused-ring (bicyclic) bond motifs is 1. The minimum absolute atomic E-state index is 0.219. The zero-order chi connectivity index (χ0) is 26.9. The number of pyridine rings is 1. The van der Waals surface area contributed by atoms with E-state index in [0.29, 0.717) is 11.9 Å². The fourth-order valence-corrected chi connectivity index (χ4v) is 7.06. The average molecular weight is 517 g/mol. The van der Waals surface area contributed by atoms with Crippen molar-refractivity contribution in [2.45, 2.75) is 66.3 Å². The summed E-state index contributed by atoms with van der Waals surface area (Å²) in [5.74, 6) is 1.45. The van der Waals surface area contributed by atoms with E-state index in [1.165, 1.54) is 34.5 Å². The summed E-state index contributed by atoms with van der Waals surface area (Å²) in [6.45, 7) is 15.3. The molecule has 3 atom stereocenters. The standard InChI is InChI=1S/C30H39N4P.C2H6/c1-7-15-24(9-3)33(25-16-12-11-13-17-25)26-20-19-23(8-2)28(22-26)34-27-18-14-21-31-29(27)32(5)30(34)35(6)10-4;1-2/h7,9,11-21,28,30H,8,10,22H2,1-6H3;1-2H3/b15-7-,24-9+;. The smallest absolute Gasteiger partial charge is 0.153 e. The zero-order valence-corrected chi connectivity index (χ0v) is 24.9. The van der Waals surface area contributed by atoms with E-state index in [0.717, 1.165) is 18.7 Å². The summed E-state index contributed by atoms with van der Waals surface area (Å²) in [7, 11) is 2.00. The molecule has 3 unspecified atom stereocenters. The van der Waals surface area contributed by atoms with Crippen LogP contribution in [0.2, 0.25) is 0 Å². The van der Waals surface area contributed by atoms with Crippen molar-refractivity contribution in [3.05, 3.63) is 96.0 Å². The molecule has 2 aromatic rings. The minimum Gasteiger partial charge on any atom is -0.337 e. The van der Waals surface area contributed by atoms with Crippen LogP contribution < -0.4 is 14.7 Å². The number of rotatable bonds is 8. The first-order valence-electron chi connectivity index (χ1n) is 13.8. The predicted octanol–water partition coefficient (Wildman–Crippen LogP) is 8.76. The van der Waals surface area contributed by atoms with Crippen LogP contribution in [0.25, 0.3) is 0 Å². The van der Waals surface area contributed by atoms with Gasteiger partial charge in [0, 0.05) is 36.7 Å². The maximum Gasteiger partial charge on any atom is 0.153 e. The summed E-state index contributed by atoms with van der Waals surface area (Å²) in [5, 5.41) is 0. The highest BCUT2D eigenvalue weighted by molar-refractivity contribution is 7.57. The molecular formula is C32H45N4P. The van der Waals surface area contributed by atoms with Gasteiger partial charge in [-0.15, -0.1) is 0 Å². The Morgan fingerprint density at radius 2 is 1.81 bits per heavy atom. The lowest BCUT2D eigenvalue weighted by Gasteiger charge is -2.43. The molecule has 0 N–H and O–H groups in total. The van der Waals surface area contributed by atoms with Crippen LogP contribution in [0.3, 0.4) is 0 Å². The van der Waals surface area contributed by atoms with Gasteiger partial charge in [-0.25, -0.2) is 4.98 Å². The summed E-state index contributed by atoms with van der Waals surface area (Å²) in [6.07, 6.45) is 16.4. The molecule has 2 aliphatic rings. The van der Waals surface area contributed by atoms with Crippen molar-refractivity contribution >= 4 is 25.1 Å². The lowest BCUT2D eigenvalue weighted by atomic mass is 9.92. The Bertz CT molecular complexity index is 1130. The molecule has 198 valence electrons. The van der Waals surface area contributed by atoms with E-state index in [9.17, 15) is 0 Å². The van der Waals surface area contributed by atoms with E-state index in [2.05, 4.69) is 129 Å². The van der Waals surface area contributed by atoms with Crippen molar-refractivity contribution in [3.8, 4) is 0 Å². The Hall–Kier alpha value is -2.84. The molecule has 0 spiro atoms. The number of nitrogens with zero attached hydrogens (tertiary/aromatic N) is 4. The molecule has 0 bridgehead atoms. The van der Waals surface area contributed by atoms with Crippen LogP contribution in [0.5, 0.6) is 0 Å². The van der Waals surface area contributed by atoms with E-state index in [1.54, 1.807) is 0 Å². The SMILES string of the molecule is C/C=C\C(=C/C)N(C1=CC=C(CC)C(N2c3cccnc3N(C)C2P(C)CC)C1)c1ccccc1.CC.